The molecule has 1 saturated carbocycles. The molecular weight excluding hydrogens is 234 g/mol. The average molecular weight is 257 g/mol. The molecule has 0 amide bonds. The highest BCUT2D eigenvalue weighted by atomic mass is 16.5. The monoisotopic (exact) mass is 257 g/mol. The van der Waals surface area contributed by atoms with Gasteiger partial charge in [-0.25, -0.2) is 4.79 Å². The zero-order valence-corrected chi connectivity index (χ0v) is 10.7. The summed E-state index contributed by atoms with van der Waals surface area (Å²) in [5.74, 6) is -0.518. The minimum Gasteiger partial charge on any atom is -0.479 e. The maximum absolute atomic E-state index is 10.7. The van der Waals surface area contributed by atoms with Crippen LogP contribution in [0.3, 0.4) is 0 Å². The van der Waals surface area contributed by atoms with Crippen molar-refractivity contribution in [2.45, 2.75) is 56.8 Å². The summed E-state index contributed by atoms with van der Waals surface area (Å²) in [6.45, 7) is 1.49. The van der Waals surface area contributed by atoms with Crippen LogP contribution in [-0.2, 0) is 9.53 Å². The zero-order chi connectivity index (χ0) is 13.0. The van der Waals surface area contributed by atoms with Crippen molar-refractivity contribution < 1.29 is 19.7 Å². The summed E-state index contributed by atoms with van der Waals surface area (Å²) in [5.41, 5.74) is 0. The smallest absolute Gasteiger partial charge is 0.332 e. The summed E-state index contributed by atoms with van der Waals surface area (Å²) in [6, 6.07) is 0. The summed E-state index contributed by atoms with van der Waals surface area (Å²) in [5, 5.41) is 22.0. The number of rotatable bonds is 5. The Kier molecular flexibility index (Phi) is 4.97. The van der Waals surface area contributed by atoms with Gasteiger partial charge in [0.25, 0.3) is 0 Å². The molecule has 3 N–H and O–H groups in total. The SMILES string of the molecule is O=C(O)C1CCC(CNCC2CCCCC2O)O1. The van der Waals surface area contributed by atoms with E-state index in [4.69, 9.17) is 9.84 Å². The number of aliphatic carboxylic acids is 1. The number of aliphatic hydroxyl groups excluding tert-OH is 1. The van der Waals surface area contributed by atoms with E-state index >= 15 is 0 Å². The summed E-state index contributed by atoms with van der Waals surface area (Å²) < 4.78 is 5.41. The second kappa shape index (κ2) is 6.50. The van der Waals surface area contributed by atoms with Crippen molar-refractivity contribution in [3.05, 3.63) is 0 Å². The van der Waals surface area contributed by atoms with Crippen molar-refractivity contribution in [1.29, 1.82) is 0 Å². The van der Waals surface area contributed by atoms with E-state index in [1.54, 1.807) is 0 Å². The normalized spacial score (nSPS) is 36.7. The first-order valence-corrected chi connectivity index (χ1v) is 6.94. The molecule has 1 heterocycles. The van der Waals surface area contributed by atoms with Gasteiger partial charge in [0.05, 0.1) is 12.2 Å². The molecule has 0 aromatic rings. The molecule has 104 valence electrons. The van der Waals surface area contributed by atoms with Crippen molar-refractivity contribution >= 4 is 5.97 Å². The van der Waals surface area contributed by atoms with Gasteiger partial charge < -0.3 is 20.3 Å². The molecule has 1 saturated heterocycles. The van der Waals surface area contributed by atoms with Gasteiger partial charge in [-0.1, -0.05) is 12.8 Å². The lowest BCUT2D eigenvalue weighted by Gasteiger charge is -2.28. The fourth-order valence-electron chi connectivity index (χ4n) is 2.89. The van der Waals surface area contributed by atoms with Crippen LogP contribution in [-0.4, -0.2) is 47.6 Å². The first-order valence-electron chi connectivity index (χ1n) is 6.94. The topological polar surface area (TPSA) is 78.8 Å². The maximum atomic E-state index is 10.7. The van der Waals surface area contributed by atoms with Gasteiger partial charge in [0, 0.05) is 13.1 Å². The third-order valence-electron chi connectivity index (χ3n) is 4.03. The summed E-state index contributed by atoms with van der Waals surface area (Å²) in [6.07, 6.45) is 4.93. The molecule has 1 aliphatic heterocycles. The van der Waals surface area contributed by atoms with Crippen LogP contribution in [0.5, 0.6) is 0 Å². The molecular formula is C13H23NO4. The van der Waals surface area contributed by atoms with Gasteiger partial charge in [-0.05, 0) is 31.6 Å². The second-order valence-corrected chi connectivity index (χ2v) is 5.43. The van der Waals surface area contributed by atoms with Crippen LogP contribution in [0.4, 0.5) is 0 Å². The first kappa shape index (κ1) is 13.8. The van der Waals surface area contributed by atoms with Gasteiger partial charge in [-0.3, -0.25) is 0 Å². The number of hydrogen-bond donors (Lipinski definition) is 3. The molecule has 2 aliphatic rings. The molecule has 1 aliphatic carbocycles. The maximum Gasteiger partial charge on any atom is 0.332 e. The molecule has 2 rings (SSSR count). The van der Waals surface area contributed by atoms with E-state index < -0.39 is 12.1 Å². The summed E-state index contributed by atoms with van der Waals surface area (Å²) in [7, 11) is 0. The van der Waals surface area contributed by atoms with Crippen molar-refractivity contribution in [2.24, 2.45) is 5.92 Å². The molecule has 0 aromatic heterocycles. The Labute approximate surface area is 108 Å². The Hall–Kier alpha value is -0.650. The minimum atomic E-state index is -0.861. The van der Waals surface area contributed by atoms with Crippen LogP contribution in [0, 0.1) is 5.92 Å². The lowest BCUT2D eigenvalue weighted by molar-refractivity contribution is -0.149. The predicted molar refractivity (Wildman–Crippen MR) is 66.4 cm³/mol. The number of hydrogen-bond acceptors (Lipinski definition) is 4. The van der Waals surface area contributed by atoms with Crippen molar-refractivity contribution in [1.82, 2.24) is 5.32 Å². The van der Waals surface area contributed by atoms with Gasteiger partial charge >= 0.3 is 5.97 Å². The van der Waals surface area contributed by atoms with E-state index in [1.165, 1.54) is 6.42 Å². The average Bonchev–Trinajstić information content (AvgIpc) is 2.80. The van der Waals surface area contributed by atoms with E-state index in [1.807, 2.05) is 0 Å². The van der Waals surface area contributed by atoms with Gasteiger partial charge in [0.1, 0.15) is 0 Å². The highest BCUT2D eigenvalue weighted by Gasteiger charge is 2.30. The zero-order valence-electron chi connectivity index (χ0n) is 10.7. The van der Waals surface area contributed by atoms with E-state index in [2.05, 4.69) is 5.32 Å². The van der Waals surface area contributed by atoms with Crippen LogP contribution >= 0.6 is 0 Å². The van der Waals surface area contributed by atoms with E-state index in [0.717, 1.165) is 32.2 Å². The van der Waals surface area contributed by atoms with Gasteiger partial charge in [0.2, 0.25) is 0 Å². The lowest BCUT2D eigenvalue weighted by atomic mass is 9.86. The van der Waals surface area contributed by atoms with Crippen molar-refractivity contribution in [3.8, 4) is 0 Å². The van der Waals surface area contributed by atoms with Crippen LogP contribution in [0.1, 0.15) is 38.5 Å². The summed E-state index contributed by atoms with van der Waals surface area (Å²) >= 11 is 0. The van der Waals surface area contributed by atoms with Crippen molar-refractivity contribution in [3.63, 3.8) is 0 Å². The number of nitrogens with one attached hydrogen (secondary N) is 1. The number of carbonyl (C=O) groups is 1. The molecule has 5 nitrogen and oxygen atoms in total. The third kappa shape index (κ3) is 3.67. The molecule has 0 spiro atoms. The molecule has 18 heavy (non-hydrogen) atoms. The quantitative estimate of drug-likeness (QED) is 0.677. The van der Waals surface area contributed by atoms with Gasteiger partial charge in [-0.2, -0.15) is 0 Å². The molecule has 5 heteroatoms. The molecule has 0 aromatic carbocycles. The number of aliphatic hydroxyl groups is 1. The lowest BCUT2D eigenvalue weighted by Crippen LogP contribution is -2.37. The second-order valence-electron chi connectivity index (χ2n) is 5.43. The van der Waals surface area contributed by atoms with Crippen LogP contribution in [0.25, 0.3) is 0 Å². The summed E-state index contributed by atoms with van der Waals surface area (Å²) in [4.78, 5) is 10.7. The number of carboxylic acids is 1. The molecule has 4 atom stereocenters. The standard InChI is InChI=1S/C13H23NO4/c15-11-4-2-1-3-9(11)7-14-8-10-5-6-12(18-10)13(16)17/h9-12,14-15H,1-8H2,(H,16,17). The first-order chi connectivity index (χ1) is 8.66. The van der Waals surface area contributed by atoms with Crippen LogP contribution in [0.15, 0.2) is 0 Å². The van der Waals surface area contributed by atoms with Gasteiger partial charge in [-0.15, -0.1) is 0 Å². The fraction of sp³-hybridized carbons (Fsp3) is 0.923. The van der Waals surface area contributed by atoms with Gasteiger partial charge in [0.15, 0.2) is 6.10 Å². The number of ether oxygens (including phenoxy) is 1. The molecule has 2 fully saturated rings. The van der Waals surface area contributed by atoms with E-state index in [9.17, 15) is 9.90 Å². The largest absolute Gasteiger partial charge is 0.479 e. The molecule has 0 radical (unpaired) electrons. The Morgan fingerprint density at radius 2 is 1.94 bits per heavy atom. The van der Waals surface area contributed by atoms with E-state index in [0.29, 0.717) is 18.9 Å². The Morgan fingerprint density at radius 1 is 1.17 bits per heavy atom. The highest BCUT2D eigenvalue weighted by molar-refractivity contribution is 5.72. The number of carboxylic acid groups (broad SMARTS) is 1. The Morgan fingerprint density at radius 3 is 2.61 bits per heavy atom. The van der Waals surface area contributed by atoms with E-state index in [-0.39, 0.29) is 12.2 Å². The predicted octanol–water partition coefficient (Wildman–Crippen LogP) is 0.759. The van der Waals surface area contributed by atoms with Crippen LogP contribution in [0.2, 0.25) is 0 Å². The van der Waals surface area contributed by atoms with Crippen LogP contribution < -0.4 is 5.32 Å². The highest BCUT2D eigenvalue weighted by Crippen LogP contribution is 2.24. The molecule has 0 bridgehead atoms. The Bertz CT molecular complexity index is 284. The Balaban J connectivity index is 1.62. The minimum absolute atomic E-state index is 0.00633. The van der Waals surface area contributed by atoms with Crippen molar-refractivity contribution in [2.75, 3.05) is 13.1 Å². The third-order valence-corrected chi connectivity index (χ3v) is 4.03. The molecule has 4 unspecified atom stereocenters. The fourth-order valence-corrected chi connectivity index (χ4v) is 2.89.